The molecule has 106 valence electrons. The Morgan fingerprint density at radius 1 is 1.28 bits per heavy atom. The van der Waals surface area contributed by atoms with Crippen molar-refractivity contribution >= 4 is 5.97 Å². The lowest BCUT2D eigenvalue weighted by Gasteiger charge is -2.39. The number of carboxylic acids is 1. The summed E-state index contributed by atoms with van der Waals surface area (Å²) >= 11 is 0. The van der Waals surface area contributed by atoms with Crippen molar-refractivity contribution in [1.82, 2.24) is 4.90 Å². The topological polar surface area (TPSA) is 40.5 Å². The number of hydrogen-bond donors (Lipinski definition) is 1. The van der Waals surface area contributed by atoms with Gasteiger partial charge in [0.25, 0.3) is 0 Å². The summed E-state index contributed by atoms with van der Waals surface area (Å²) in [6, 6.07) is 0. The molecule has 2 atom stereocenters. The Morgan fingerprint density at radius 3 is 2.33 bits per heavy atom. The third-order valence-corrected chi connectivity index (χ3v) is 4.81. The first-order chi connectivity index (χ1) is 8.17. The molecule has 3 nitrogen and oxygen atoms in total. The monoisotopic (exact) mass is 255 g/mol. The minimum atomic E-state index is -0.669. The standard InChI is InChI=1S/C15H29NO2/c1-14(2,3)12-7-6-9-15(10-8-12,16(4)5)11-13(17)18/h12H,6-11H2,1-5H3,(H,17,18). The van der Waals surface area contributed by atoms with Crippen molar-refractivity contribution < 1.29 is 9.90 Å². The zero-order valence-corrected chi connectivity index (χ0v) is 12.6. The smallest absolute Gasteiger partial charge is 0.305 e. The Labute approximate surface area is 112 Å². The zero-order valence-electron chi connectivity index (χ0n) is 12.6. The number of aliphatic carboxylic acids is 1. The minimum Gasteiger partial charge on any atom is -0.481 e. The molecule has 3 heteroatoms. The van der Waals surface area contributed by atoms with Gasteiger partial charge in [0.2, 0.25) is 0 Å². The molecular weight excluding hydrogens is 226 g/mol. The molecule has 1 fully saturated rings. The summed E-state index contributed by atoms with van der Waals surface area (Å²) in [5, 5.41) is 9.17. The first-order valence-corrected chi connectivity index (χ1v) is 7.07. The molecule has 2 unspecified atom stereocenters. The molecule has 0 amide bonds. The van der Waals surface area contributed by atoms with Gasteiger partial charge in [-0.3, -0.25) is 4.79 Å². The van der Waals surface area contributed by atoms with Crippen LogP contribution in [0, 0.1) is 11.3 Å². The van der Waals surface area contributed by atoms with Crippen LogP contribution in [-0.4, -0.2) is 35.6 Å². The zero-order chi connectivity index (χ0) is 14.0. The maximum absolute atomic E-state index is 11.1. The molecule has 0 aromatic carbocycles. The van der Waals surface area contributed by atoms with Crippen molar-refractivity contribution in [3.05, 3.63) is 0 Å². The van der Waals surface area contributed by atoms with E-state index in [1.54, 1.807) is 0 Å². The van der Waals surface area contributed by atoms with Crippen LogP contribution in [-0.2, 0) is 4.79 Å². The average molecular weight is 255 g/mol. The van der Waals surface area contributed by atoms with Crippen LogP contribution in [0.15, 0.2) is 0 Å². The number of nitrogens with zero attached hydrogens (tertiary/aromatic N) is 1. The van der Waals surface area contributed by atoms with Crippen LogP contribution in [0.1, 0.15) is 59.3 Å². The van der Waals surface area contributed by atoms with Gasteiger partial charge in [-0.05, 0) is 51.1 Å². The predicted molar refractivity (Wildman–Crippen MR) is 74.7 cm³/mol. The number of carbonyl (C=O) groups is 1. The van der Waals surface area contributed by atoms with Crippen LogP contribution in [0.2, 0.25) is 0 Å². The predicted octanol–water partition coefficient (Wildman–Crippen LogP) is 3.39. The van der Waals surface area contributed by atoms with Crippen molar-refractivity contribution in [3.8, 4) is 0 Å². The second-order valence-electron chi connectivity index (χ2n) is 7.18. The molecule has 0 aromatic rings. The Kier molecular flexibility index (Phi) is 4.82. The first kappa shape index (κ1) is 15.5. The molecule has 1 rings (SSSR count). The van der Waals surface area contributed by atoms with E-state index in [0.29, 0.717) is 11.3 Å². The van der Waals surface area contributed by atoms with Gasteiger partial charge >= 0.3 is 5.97 Å². The van der Waals surface area contributed by atoms with E-state index in [-0.39, 0.29) is 12.0 Å². The molecule has 0 radical (unpaired) electrons. The first-order valence-electron chi connectivity index (χ1n) is 7.07. The van der Waals surface area contributed by atoms with E-state index < -0.39 is 5.97 Å². The van der Waals surface area contributed by atoms with E-state index in [1.165, 1.54) is 6.42 Å². The van der Waals surface area contributed by atoms with Crippen molar-refractivity contribution in [3.63, 3.8) is 0 Å². The van der Waals surface area contributed by atoms with Crippen LogP contribution in [0.25, 0.3) is 0 Å². The minimum absolute atomic E-state index is 0.133. The summed E-state index contributed by atoms with van der Waals surface area (Å²) in [6.45, 7) is 6.91. The number of hydrogen-bond acceptors (Lipinski definition) is 2. The van der Waals surface area contributed by atoms with E-state index in [0.717, 1.165) is 25.7 Å². The van der Waals surface area contributed by atoms with Gasteiger partial charge in [-0.2, -0.15) is 0 Å². The van der Waals surface area contributed by atoms with Crippen molar-refractivity contribution in [2.45, 2.75) is 64.8 Å². The highest BCUT2D eigenvalue weighted by Gasteiger charge is 2.39. The third-order valence-electron chi connectivity index (χ3n) is 4.81. The summed E-state index contributed by atoms with van der Waals surface area (Å²) in [7, 11) is 4.06. The van der Waals surface area contributed by atoms with E-state index >= 15 is 0 Å². The van der Waals surface area contributed by atoms with Gasteiger partial charge in [-0.25, -0.2) is 0 Å². The Hall–Kier alpha value is -0.570. The second kappa shape index (κ2) is 5.60. The maximum Gasteiger partial charge on any atom is 0.305 e. The Balaban J connectivity index is 2.81. The highest BCUT2D eigenvalue weighted by molar-refractivity contribution is 5.68. The van der Waals surface area contributed by atoms with Gasteiger partial charge < -0.3 is 10.0 Å². The molecule has 18 heavy (non-hydrogen) atoms. The SMILES string of the molecule is CN(C)C1(CC(=O)O)CCCC(C(C)(C)C)CC1. The molecule has 0 bridgehead atoms. The van der Waals surface area contributed by atoms with E-state index in [2.05, 4.69) is 25.7 Å². The molecule has 0 aromatic heterocycles. The molecular formula is C15H29NO2. The molecule has 1 saturated carbocycles. The van der Waals surface area contributed by atoms with Gasteiger partial charge in [0.05, 0.1) is 6.42 Å². The van der Waals surface area contributed by atoms with Gasteiger partial charge in [0, 0.05) is 5.54 Å². The molecule has 0 aliphatic heterocycles. The molecule has 1 N–H and O–H groups in total. The Bertz CT molecular complexity index is 293. The molecule has 0 heterocycles. The fraction of sp³-hybridized carbons (Fsp3) is 0.933. The summed E-state index contributed by atoms with van der Waals surface area (Å²) in [5.41, 5.74) is 0.206. The van der Waals surface area contributed by atoms with Crippen molar-refractivity contribution in [1.29, 1.82) is 0 Å². The van der Waals surface area contributed by atoms with E-state index in [9.17, 15) is 9.90 Å². The summed E-state index contributed by atoms with van der Waals surface area (Å²) in [6.07, 6.45) is 5.82. The number of carboxylic acid groups (broad SMARTS) is 1. The lowest BCUT2D eigenvalue weighted by atomic mass is 9.76. The van der Waals surface area contributed by atoms with Crippen LogP contribution in [0.3, 0.4) is 0 Å². The van der Waals surface area contributed by atoms with Crippen LogP contribution in [0.4, 0.5) is 0 Å². The largest absolute Gasteiger partial charge is 0.481 e. The van der Waals surface area contributed by atoms with Gasteiger partial charge in [-0.15, -0.1) is 0 Å². The van der Waals surface area contributed by atoms with Crippen molar-refractivity contribution in [2.75, 3.05) is 14.1 Å². The van der Waals surface area contributed by atoms with Gasteiger partial charge in [-0.1, -0.05) is 27.2 Å². The lowest BCUT2D eigenvalue weighted by molar-refractivity contribution is -0.140. The quantitative estimate of drug-likeness (QED) is 0.786. The van der Waals surface area contributed by atoms with Crippen LogP contribution >= 0.6 is 0 Å². The maximum atomic E-state index is 11.1. The Morgan fingerprint density at radius 2 is 1.89 bits per heavy atom. The van der Waals surface area contributed by atoms with E-state index in [4.69, 9.17) is 0 Å². The van der Waals surface area contributed by atoms with Crippen LogP contribution in [0.5, 0.6) is 0 Å². The third kappa shape index (κ3) is 3.71. The lowest BCUT2D eigenvalue weighted by Crippen LogP contribution is -2.45. The van der Waals surface area contributed by atoms with Crippen molar-refractivity contribution in [2.24, 2.45) is 11.3 Å². The van der Waals surface area contributed by atoms with Crippen LogP contribution < -0.4 is 0 Å². The fourth-order valence-corrected chi connectivity index (χ4v) is 3.32. The molecule has 1 aliphatic rings. The summed E-state index contributed by atoms with van der Waals surface area (Å²) in [5.74, 6) is 0.0472. The second-order valence-corrected chi connectivity index (χ2v) is 7.18. The normalized spacial score (nSPS) is 30.2. The molecule has 1 aliphatic carbocycles. The highest BCUT2D eigenvalue weighted by atomic mass is 16.4. The molecule has 0 spiro atoms. The average Bonchev–Trinajstić information content (AvgIpc) is 2.39. The fourth-order valence-electron chi connectivity index (χ4n) is 3.32. The molecule has 0 saturated heterocycles. The van der Waals surface area contributed by atoms with Gasteiger partial charge in [0.15, 0.2) is 0 Å². The summed E-state index contributed by atoms with van der Waals surface area (Å²) < 4.78 is 0. The number of rotatable bonds is 3. The summed E-state index contributed by atoms with van der Waals surface area (Å²) in [4.78, 5) is 13.3. The van der Waals surface area contributed by atoms with Gasteiger partial charge in [0.1, 0.15) is 0 Å². The highest BCUT2D eigenvalue weighted by Crippen LogP contribution is 2.42. The van der Waals surface area contributed by atoms with E-state index in [1.807, 2.05) is 14.1 Å².